The molecule has 0 aromatic rings. The SMILES string of the molecule is CC/C=C\C/C=C\C/C=C\C/C=C\C/C=C\C/C=C\C/C=C\C/C=C\C/C=C\CCCCCCCCCCCCCCCC(=O)NC(COP(=O)(O)OCC[N+](C)(C)C)C(O)/C=C/CC/C=C/CC/C=C/CC. The Morgan fingerprint density at radius 1 is 0.466 bits per heavy atom. The molecule has 3 atom stereocenters. The molecule has 0 heterocycles. The van der Waals surface area contributed by atoms with E-state index >= 15 is 0 Å². The minimum absolute atomic E-state index is 0.0467. The summed E-state index contributed by atoms with van der Waals surface area (Å²) in [6.45, 7) is 4.52. The van der Waals surface area contributed by atoms with E-state index in [-0.39, 0.29) is 19.1 Å². The first-order valence-corrected chi connectivity index (χ1v) is 30.2. The van der Waals surface area contributed by atoms with E-state index in [0.29, 0.717) is 17.4 Å². The zero-order chi connectivity index (χ0) is 53.5. The fourth-order valence-electron chi connectivity index (χ4n) is 7.37. The number of carbonyl (C=O) groups is 1. The molecule has 0 aliphatic carbocycles. The number of amides is 1. The predicted octanol–water partition coefficient (Wildman–Crippen LogP) is 17.7. The Morgan fingerprint density at radius 3 is 1.21 bits per heavy atom. The summed E-state index contributed by atoms with van der Waals surface area (Å²) in [7, 11) is 1.52. The summed E-state index contributed by atoms with van der Waals surface area (Å²) in [6, 6.07) is -0.877. The highest BCUT2D eigenvalue weighted by Gasteiger charge is 2.27. The van der Waals surface area contributed by atoms with E-state index in [4.69, 9.17) is 9.05 Å². The summed E-state index contributed by atoms with van der Waals surface area (Å²) >= 11 is 0. The van der Waals surface area contributed by atoms with Gasteiger partial charge in [-0.3, -0.25) is 13.8 Å². The topological polar surface area (TPSA) is 105 Å². The van der Waals surface area contributed by atoms with E-state index in [2.05, 4.69) is 153 Å². The highest BCUT2D eigenvalue weighted by atomic mass is 31.2. The lowest BCUT2D eigenvalue weighted by atomic mass is 10.0. The summed E-state index contributed by atoms with van der Waals surface area (Å²) < 4.78 is 23.5. The molecule has 0 saturated heterocycles. The van der Waals surface area contributed by atoms with Crippen LogP contribution < -0.4 is 5.32 Å². The molecule has 0 spiro atoms. The number of phosphoric acid groups is 1. The van der Waals surface area contributed by atoms with Crippen molar-refractivity contribution >= 4 is 13.7 Å². The second-order valence-electron chi connectivity index (χ2n) is 19.9. The average Bonchev–Trinajstić information content (AvgIpc) is 3.35. The third kappa shape index (κ3) is 56.0. The van der Waals surface area contributed by atoms with Gasteiger partial charge in [0.15, 0.2) is 0 Å². The molecule has 8 nitrogen and oxygen atoms in total. The zero-order valence-corrected chi connectivity index (χ0v) is 48.0. The number of allylic oxidation sites excluding steroid dienone is 23. The minimum Gasteiger partial charge on any atom is -0.387 e. The van der Waals surface area contributed by atoms with Crippen LogP contribution in [-0.4, -0.2) is 73.4 Å². The number of phosphoric ester groups is 1. The number of likely N-dealkylation sites (N-methyl/N-ethyl adjacent to an activating group) is 1. The van der Waals surface area contributed by atoms with Crippen LogP contribution in [-0.2, 0) is 18.4 Å². The van der Waals surface area contributed by atoms with Crippen LogP contribution in [0.1, 0.15) is 200 Å². The molecule has 0 aromatic heterocycles. The van der Waals surface area contributed by atoms with Gasteiger partial charge >= 0.3 is 7.82 Å². The summed E-state index contributed by atoms with van der Waals surface area (Å²) in [5, 5.41) is 13.8. The molecule has 0 aliphatic heterocycles. The number of rotatable bonds is 50. The third-order valence-corrected chi connectivity index (χ3v) is 12.8. The Hall–Kier alpha value is -3.62. The van der Waals surface area contributed by atoms with E-state index in [9.17, 15) is 19.4 Å². The van der Waals surface area contributed by atoms with Gasteiger partial charge in [0, 0.05) is 6.42 Å². The van der Waals surface area contributed by atoms with Crippen LogP contribution >= 0.6 is 7.82 Å². The van der Waals surface area contributed by atoms with Crippen LogP contribution in [0.5, 0.6) is 0 Å². The molecule has 3 unspecified atom stereocenters. The molecule has 0 aromatic carbocycles. The van der Waals surface area contributed by atoms with Crippen LogP contribution in [0.3, 0.4) is 0 Å². The number of hydrogen-bond acceptors (Lipinski definition) is 5. The van der Waals surface area contributed by atoms with Crippen molar-refractivity contribution in [2.45, 2.75) is 212 Å². The molecule has 0 bridgehead atoms. The van der Waals surface area contributed by atoms with Gasteiger partial charge in [0.25, 0.3) is 0 Å². The van der Waals surface area contributed by atoms with E-state index in [1.807, 2.05) is 27.2 Å². The normalized spacial score (nSPS) is 15.0. The Morgan fingerprint density at radius 2 is 0.795 bits per heavy atom. The minimum atomic E-state index is -4.36. The lowest BCUT2D eigenvalue weighted by Gasteiger charge is -2.25. The molecule has 0 saturated carbocycles. The van der Waals surface area contributed by atoms with Gasteiger partial charge in [-0.2, -0.15) is 0 Å². The quantitative estimate of drug-likeness (QED) is 0.0243. The molecular formula is C64H108N2O6P+. The van der Waals surface area contributed by atoms with Gasteiger partial charge in [0.05, 0.1) is 39.9 Å². The lowest BCUT2D eigenvalue weighted by molar-refractivity contribution is -0.870. The molecule has 9 heteroatoms. The maximum Gasteiger partial charge on any atom is 0.472 e. The van der Waals surface area contributed by atoms with Crippen molar-refractivity contribution in [1.82, 2.24) is 5.32 Å². The molecule has 0 rings (SSSR count). The summed E-state index contributed by atoms with van der Waals surface area (Å²) in [6.07, 6.45) is 82.7. The Labute approximate surface area is 449 Å². The Balaban J connectivity index is 4.00. The monoisotopic (exact) mass is 1030 g/mol. The van der Waals surface area contributed by atoms with Crippen LogP contribution in [0.2, 0.25) is 0 Å². The van der Waals surface area contributed by atoms with Crippen molar-refractivity contribution in [3.63, 3.8) is 0 Å². The fourth-order valence-corrected chi connectivity index (χ4v) is 8.10. The summed E-state index contributed by atoms with van der Waals surface area (Å²) in [4.78, 5) is 23.2. The van der Waals surface area contributed by atoms with Crippen LogP contribution in [0.4, 0.5) is 0 Å². The molecular weight excluding hydrogens is 924 g/mol. The van der Waals surface area contributed by atoms with Gasteiger partial charge in [-0.15, -0.1) is 0 Å². The number of unbranched alkanes of at least 4 members (excludes halogenated alkanes) is 15. The number of aliphatic hydroxyl groups is 1. The van der Waals surface area contributed by atoms with Gasteiger partial charge in [0.2, 0.25) is 5.91 Å². The predicted molar refractivity (Wildman–Crippen MR) is 317 cm³/mol. The van der Waals surface area contributed by atoms with E-state index in [0.717, 1.165) is 109 Å². The largest absolute Gasteiger partial charge is 0.472 e. The Bertz CT molecular complexity index is 1690. The van der Waals surface area contributed by atoms with Crippen molar-refractivity contribution in [3.8, 4) is 0 Å². The summed E-state index contributed by atoms with van der Waals surface area (Å²) in [5.74, 6) is -0.201. The molecule has 1 amide bonds. The maximum atomic E-state index is 12.9. The standard InChI is InChI=1S/C64H107N2O6P/c1-6-8-10-12-14-16-18-19-20-21-22-23-24-25-26-27-28-29-30-31-32-33-34-35-36-37-38-39-40-41-42-43-44-45-46-47-48-50-52-54-56-58-64(68)65-62(61-72-73(69,70)71-60-59-66(3,4)5)63(67)57-55-53-51-49-17-15-13-11-9-7-2/h8-11,14,16-17,19-20,22-23,25-26,28-29,31-32,34-35,37-38,49,55,57,62-63,67H,6-7,12-13,15,18,21,24,27,30,33,36,39-48,50-54,56,58-61H2,1-5H3,(H-,65,68,69,70)/p+1/b10-8-,11-9+,16-14-,20-19-,23-22-,26-25-,29-28-,32-31-,35-34-,38-37-,49-17+,57-55+. The highest BCUT2D eigenvalue weighted by Crippen LogP contribution is 2.43. The van der Waals surface area contributed by atoms with Gasteiger partial charge < -0.3 is 19.8 Å². The fraction of sp³-hybridized carbons (Fsp3) is 0.609. The number of carbonyl (C=O) groups excluding carboxylic acids is 1. The number of nitrogens with one attached hydrogen (secondary N) is 1. The first-order valence-electron chi connectivity index (χ1n) is 28.7. The highest BCUT2D eigenvalue weighted by molar-refractivity contribution is 7.47. The second-order valence-corrected chi connectivity index (χ2v) is 21.3. The first-order chi connectivity index (χ1) is 35.5. The second kappa shape index (κ2) is 53.2. The third-order valence-electron chi connectivity index (χ3n) is 11.8. The summed E-state index contributed by atoms with van der Waals surface area (Å²) in [5.41, 5.74) is 0. The molecule has 0 radical (unpaired) electrons. The lowest BCUT2D eigenvalue weighted by Crippen LogP contribution is -2.45. The van der Waals surface area contributed by atoms with E-state index in [1.54, 1.807) is 6.08 Å². The Kier molecular flexibility index (Phi) is 50.6. The van der Waals surface area contributed by atoms with E-state index < -0.39 is 20.0 Å². The number of aliphatic hydroxyl groups excluding tert-OH is 1. The van der Waals surface area contributed by atoms with Crippen molar-refractivity contribution < 1.29 is 32.9 Å². The zero-order valence-electron chi connectivity index (χ0n) is 47.1. The molecule has 414 valence electrons. The van der Waals surface area contributed by atoms with Crippen molar-refractivity contribution in [3.05, 3.63) is 146 Å². The number of quaternary nitrogens is 1. The van der Waals surface area contributed by atoms with E-state index in [1.165, 1.54) is 70.6 Å². The smallest absolute Gasteiger partial charge is 0.387 e. The van der Waals surface area contributed by atoms with Crippen molar-refractivity contribution in [2.24, 2.45) is 0 Å². The van der Waals surface area contributed by atoms with Gasteiger partial charge in [0.1, 0.15) is 13.2 Å². The van der Waals surface area contributed by atoms with Crippen molar-refractivity contribution in [2.75, 3.05) is 40.9 Å². The number of nitrogens with zero attached hydrogens (tertiary/aromatic N) is 1. The maximum absolute atomic E-state index is 12.9. The van der Waals surface area contributed by atoms with Crippen molar-refractivity contribution in [1.29, 1.82) is 0 Å². The number of hydrogen-bond donors (Lipinski definition) is 3. The van der Waals surface area contributed by atoms with Gasteiger partial charge in [-0.1, -0.05) is 230 Å². The first kappa shape index (κ1) is 69.4. The molecule has 0 fully saturated rings. The van der Waals surface area contributed by atoms with Crippen LogP contribution in [0, 0.1) is 0 Å². The van der Waals surface area contributed by atoms with Crippen LogP contribution in [0.15, 0.2) is 146 Å². The molecule has 3 N–H and O–H groups in total. The van der Waals surface area contributed by atoms with Crippen LogP contribution in [0.25, 0.3) is 0 Å². The van der Waals surface area contributed by atoms with Gasteiger partial charge in [-0.25, -0.2) is 4.57 Å². The molecule has 73 heavy (non-hydrogen) atoms. The average molecular weight is 1030 g/mol. The van der Waals surface area contributed by atoms with Gasteiger partial charge in [-0.05, 0) is 109 Å². The molecule has 0 aliphatic rings.